The summed E-state index contributed by atoms with van der Waals surface area (Å²) in [4.78, 5) is 47.2. The van der Waals surface area contributed by atoms with Gasteiger partial charge >= 0.3 is 6.03 Å². The number of halogens is 2. The van der Waals surface area contributed by atoms with E-state index in [1.165, 1.54) is 10.5 Å². The summed E-state index contributed by atoms with van der Waals surface area (Å²) in [6.07, 6.45) is 0. The van der Waals surface area contributed by atoms with Gasteiger partial charge < -0.3 is 29.6 Å². The zero-order valence-corrected chi connectivity index (χ0v) is 37.0. The first-order valence-electron chi connectivity index (χ1n) is 19.5. The second-order valence-corrected chi connectivity index (χ2v) is 18.3. The Labute approximate surface area is 363 Å². The minimum absolute atomic E-state index is 0.0385. The minimum Gasteiger partial charge on any atom is -0.487 e. The molecule has 1 aromatic heterocycles. The molecule has 0 bridgehead atoms. The average Bonchev–Trinajstić information content (AvgIpc) is 3.24. The fourth-order valence-corrected chi connectivity index (χ4v) is 8.96. The number of fused-ring (bicyclic) bond motifs is 1. The molecule has 0 unspecified atom stereocenters. The third kappa shape index (κ3) is 10.9. The molecular formula is C47H48Cl2N5O5Si. The van der Waals surface area contributed by atoms with Gasteiger partial charge in [0.2, 0.25) is 5.91 Å². The molecular weight excluding hydrogens is 814 g/mol. The summed E-state index contributed by atoms with van der Waals surface area (Å²) in [6, 6.07) is 37.7. The lowest BCUT2D eigenvalue weighted by Gasteiger charge is -2.22. The topological polar surface area (TPSA) is 113 Å². The molecule has 0 atom stereocenters. The van der Waals surface area contributed by atoms with E-state index in [0.29, 0.717) is 46.4 Å². The van der Waals surface area contributed by atoms with E-state index in [1.54, 1.807) is 55.4 Å². The molecule has 6 rings (SSSR count). The zero-order valence-electron chi connectivity index (χ0n) is 34.5. The quantitative estimate of drug-likeness (QED) is 0.107. The fourth-order valence-electron chi connectivity index (χ4n) is 6.43. The summed E-state index contributed by atoms with van der Waals surface area (Å²) < 4.78 is 12.6. The Bertz CT molecular complexity index is 2480. The highest BCUT2D eigenvalue weighted by Crippen LogP contribution is 2.35. The van der Waals surface area contributed by atoms with Crippen molar-refractivity contribution in [2.24, 2.45) is 0 Å². The Hall–Kier alpha value is -5.72. The lowest BCUT2D eigenvalue weighted by atomic mass is 9.87. The molecule has 60 heavy (non-hydrogen) atoms. The molecule has 309 valence electrons. The number of aryl methyl sites for hydroxylation is 1. The Balaban J connectivity index is 1.01. The van der Waals surface area contributed by atoms with Crippen LogP contribution < -0.4 is 30.6 Å². The van der Waals surface area contributed by atoms with Crippen molar-refractivity contribution in [2.75, 3.05) is 44.0 Å². The number of hydrogen-bond donors (Lipinski definition) is 2. The SMILES string of the molecule is Cc1ccc2cccc(OCc3c(Cl)ccc(N(C)C(=O)CNC(=O)Nc4cccc(C(=O)N(C)CCO[Si](c5ccccc5)c5ccc(C(C)(C)C)cc5)c4)c3Cl)c2n1. The molecule has 4 amide bonds. The standard InChI is InChI=1S/C47H48Cl2N5O5Si/c1-31-18-19-32-12-11-17-41(44(32)51-31)58-30-38-39(48)24-25-40(43(38)49)54(6)42(55)29-50-46(57)52-35-14-10-13-33(28-35)45(56)53(5)26-27-59-60(36-15-8-7-9-16-36)37-22-20-34(21-23-37)47(2,3)4/h7-25,28H,26-27,29-30H2,1-6H3,(H2,50,52,57). The van der Waals surface area contributed by atoms with Crippen LogP contribution in [0.2, 0.25) is 10.0 Å². The van der Waals surface area contributed by atoms with Crippen molar-refractivity contribution in [2.45, 2.75) is 39.7 Å². The molecule has 0 spiro atoms. The number of aromatic nitrogens is 1. The van der Waals surface area contributed by atoms with Crippen LogP contribution in [0.3, 0.4) is 0 Å². The number of benzene rings is 5. The van der Waals surface area contributed by atoms with Gasteiger partial charge in [-0.15, -0.1) is 0 Å². The van der Waals surface area contributed by atoms with Crippen LogP contribution in [0, 0.1) is 6.92 Å². The first-order valence-corrected chi connectivity index (χ1v) is 21.6. The van der Waals surface area contributed by atoms with Gasteiger partial charge in [0.15, 0.2) is 0 Å². The van der Waals surface area contributed by atoms with Crippen molar-refractivity contribution < 1.29 is 23.5 Å². The molecule has 0 saturated heterocycles. The Morgan fingerprint density at radius 3 is 2.27 bits per heavy atom. The van der Waals surface area contributed by atoms with Crippen LogP contribution in [-0.2, 0) is 21.2 Å². The molecule has 5 aromatic carbocycles. The maximum atomic E-state index is 13.5. The van der Waals surface area contributed by atoms with Gasteiger partial charge in [-0.1, -0.05) is 123 Å². The maximum Gasteiger partial charge on any atom is 0.319 e. The monoisotopic (exact) mass is 860 g/mol. The highest BCUT2D eigenvalue weighted by molar-refractivity contribution is 6.80. The normalized spacial score (nSPS) is 11.3. The first-order chi connectivity index (χ1) is 28.7. The predicted molar refractivity (Wildman–Crippen MR) is 244 cm³/mol. The van der Waals surface area contributed by atoms with E-state index in [9.17, 15) is 14.4 Å². The van der Waals surface area contributed by atoms with Crippen molar-refractivity contribution in [3.63, 3.8) is 0 Å². The summed E-state index contributed by atoms with van der Waals surface area (Å²) in [5.74, 6) is -0.0789. The number of pyridine rings is 1. The third-order valence-electron chi connectivity index (χ3n) is 9.93. The van der Waals surface area contributed by atoms with Gasteiger partial charge in [0.1, 0.15) is 17.9 Å². The first kappa shape index (κ1) is 43.8. The van der Waals surface area contributed by atoms with Crippen LogP contribution in [0.5, 0.6) is 5.75 Å². The molecule has 0 aliphatic carbocycles. The molecule has 10 nitrogen and oxygen atoms in total. The summed E-state index contributed by atoms with van der Waals surface area (Å²) in [7, 11) is 1.72. The molecule has 13 heteroatoms. The van der Waals surface area contributed by atoms with E-state index in [0.717, 1.165) is 27.0 Å². The molecule has 2 N–H and O–H groups in total. The number of hydrogen-bond acceptors (Lipinski definition) is 6. The number of rotatable bonds is 14. The van der Waals surface area contributed by atoms with Crippen molar-refractivity contribution in [1.29, 1.82) is 0 Å². The molecule has 1 radical (unpaired) electrons. The van der Waals surface area contributed by atoms with Gasteiger partial charge in [0, 0.05) is 53.6 Å². The molecule has 0 aliphatic rings. The largest absolute Gasteiger partial charge is 0.487 e. The van der Waals surface area contributed by atoms with Crippen LogP contribution >= 0.6 is 23.2 Å². The number of carbonyl (C=O) groups excluding carboxylic acids is 3. The molecule has 1 heterocycles. The highest BCUT2D eigenvalue weighted by atomic mass is 35.5. The Morgan fingerprint density at radius 2 is 1.53 bits per heavy atom. The van der Waals surface area contributed by atoms with Gasteiger partial charge in [0.05, 0.1) is 23.9 Å². The average molecular weight is 862 g/mol. The van der Waals surface area contributed by atoms with E-state index in [1.807, 2.05) is 55.5 Å². The summed E-state index contributed by atoms with van der Waals surface area (Å²) in [5, 5.41) is 9.12. The fraction of sp³-hybridized carbons (Fsp3) is 0.234. The van der Waals surface area contributed by atoms with Crippen LogP contribution in [0.1, 0.15) is 48.0 Å². The van der Waals surface area contributed by atoms with E-state index in [2.05, 4.69) is 72.8 Å². The van der Waals surface area contributed by atoms with Gasteiger partial charge in [0.25, 0.3) is 14.9 Å². The number of ether oxygens (including phenoxy) is 1. The van der Waals surface area contributed by atoms with E-state index < -0.39 is 21.0 Å². The van der Waals surface area contributed by atoms with Gasteiger partial charge in [-0.05, 0) is 70.7 Å². The van der Waals surface area contributed by atoms with Crippen LogP contribution in [0.15, 0.2) is 121 Å². The third-order valence-corrected chi connectivity index (χ3v) is 12.9. The number of nitrogens with one attached hydrogen (secondary N) is 2. The number of amides is 4. The Kier molecular flexibility index (Phi) is 14.3. The Morgan fingerprint density at radius 1 is 0.817 bits per heavy atom. The number of para-hydroxylation sites is 1. The number of carbonyl (C=O) groups is 3. The lowest BCUT2D eigenvalue weighted by Crippen LogP contribution is -2.46. The minimum atomic E-state index is -1.56. The summed E-state index contributed by atoms with van der Waals surface area (Å²) in [6.45, 7) is 8.90. The number of urea groups is 1. The maximum absolute atomic E-state index is 13.5. The van der Waals surface area contributed by atoms with Gasteiger partial charge in [-0.3, -0.25) is 9.59 Å². The van der Waals surface area contributed by atoms with Crippen molar-refractivity contribution in [3.05, 3.63) is 154 Å². The van der Waals surface area contributed by atoms with Gasteiger partial charge in [-0.2, -0.15) is 0 Å². The number of nitrogens with zero attached hydrogens (tertiary/aromatic N) is 3. The van der Waals surface area contributed by atoms with E-state index >= 15 is 0 Å². The summed E-state index contributed by atoms with van der Waals surface area (Å²) in [5.41, 5.74) is 4.55. The summed E-state index contributed by atoms with van der Waals surface area (Å²) >= 11 is 13.3. The molecule has 0 fully saturated rings. The molecule has 6 aromatic rings. The van der Waals surface area contributed by atoms with Crippen molar-refractivity contribution in [3.8, 4) is 5.75 Å². The van der Waals surface area contributed by atoms with Crippen molar-refractivity contribution >= 4 is 82.7 Å². The number of likely N-dealkylation sites (N-methyl/N-ethyl adjacent to an activating group) is 2. The highest BCUT2D eigenvalue weighted by Gasteiger charge is 2.23. The molecule has 0 aliphatic heterocycles. The van der Waals surface area contributed by atoms with E-state index in [4.69, 9.17) is 32.4 Å². The lowest BCUT2D eigenvalue weighted by molar-refractivity contribution is -0.117. The van der Waals surface area contributed by atoms with Gasteiger partial charge in [-0.25, -0.2) is 9.78 Å². The zero-order chi connectivity index (χ0) is 43.0. The molecule has 0 saturated carbocycles. The van der Waals surface area contributed by atoms with Crippen LogP contribution in [0.25, 0.3) is 10.9 Å². The van der Waals surface area contributed by atoms with Crippen molar-refractivity contribution in [1.82, 2.24) is 15.2 Å². The van der Waals surface area contributed by atoms with Crippen LogP contribution in [-0.4, -0.2) is 70.6 Å². The van der Waals surface area contributed by atoms with E-state index in [-0.39, 0.29) is 29.5 Å². The van der Waals surface area contributed by atoms with Crippen LogP contribution in [0.4, 0.5) is 16.2 Å². The number of anilines is 2. The smallest absolute Gasteiger partial charge is 0.319 e. The predicted octanol–water partition coefficient (Wildman–Crippen LogP) is 8.41. The second kappa shape index (κ2) is 19.6. The second-order valence-electron chi connectivity index (χ2n) is 15.4.